The van der Waals surface area contributed by atoms with Gasteiger partial charge in [0.25, 0.3) is 0 Å². The Kier molecular flexibility index (Phi) is 4.16. The summed E-state index contributed by atoms with van der Waals surface area (Å²) in [5.41, 5.74) is 6.16. The first-order valence-electron chi connectivity index (χ1n) is 8.78. The molecule has 1 aliphatic heterocycles. The summed E-state index contributed by atoms with van der Waals surface area (Å²) in [6.45, 7) is 1.37. The van der Waals surface area contributed by atoms with Crippen molar-refractivity contribution in [1.29, 1.82) is 0 Å². The molecular formula is C18H21FN4O3. The van der Waals surface area contributed by atoms with Gasteiger partial charge in [-0.25, -0.2) is 9.18 Å². The molecule has 2 heterocycles. The summed E-state index contributed by atoms with van der Waals surface area (Å²) in [4.78, 5) is 25.8. The molecule has 1 aromatic carbocycles. The number of nitrogens with one attached hydrogen (secondary N) is 2. The van der Waals surface area contributed by atoms with E-state index >= 15 is 0 Å². The Labute approximate surface area is 149 Å². The Morgan fingerprint density at radius 2 is 2.08 bits per heavy atom. The number of hydrogen-bond acceptors (Lipinski definition) is 5. The van der Waals surface area contributed by atoms with Crippen molar-refractivity contribution in [3.05, 3.63) is 39.9 Å². The van der Waals surface area contributed by atoms with E-state index in [1.54, 1.807) is 13.1 Å². The SMILES string of the molecule is CNNC1CCN(c2cc3c(cc2F)c(=O)c(C(=O)O)cn3C2CC2)C1. The van der Waals surface area contributed by atoms with E-state index in [0.717, 1.165) is 19.3 Å². The van der Waals surface area contributed by atoms with Crippen molar-refractivity contribution in [3.63, 3.8) is 0 Å². The first-order chi connectivity index (χ1) is 12.5. The summed E-state index contributed by atoms with van der Waals surface area (Å²) in [6.07, 6.45) is 4.15. The van der Waals surface area contributed by atoms with Gasteiger partial charge in [0.2, 0.25) is 5.43 Å². The standard InChI is InChI=1S/C18H21FN4O3/c1-20-21-10-4-5-22(8-10)16-7-15-12(6-14(16)19)17(24)13(18(25)26)9-23(15)11-2-3-11/h6-7,9-11,20-21H,2-5,8H2,1H3,(H,25,26). The number of benzene rings is 1. The lowest BCUT2D eigenvalue weighted by atomic mass is 10.1. The molecule has 26 heavy (non-hydrogen) atoms. The normalized spacial score (nSPS) is 20.1. The average molecular weight is 360 g/mol. The third kappa shape index (κ3) is 2.85. The summed E-state index contributed by atoms with van der Waals surface area (Å²) >= 11 is 0. The number of anilines is 1. The van der Waals surface area contributed by atoms with Crippen LogP contribution < -0.4 is 21.2 Å². The number of pyridine rings is 1. The van der Waals surface area contributed by atoms with Gasteiger partial charge in [-0.1, -0.05) is 0 Å². The summed E-state index contributed by atoms with van der Waals surface area (Å²) in [5, 5.41) is 9.43. The number of rotatable bonds is 5. The van der Waals surface area contributed by atoms with Crippen LogP contribution in [0.15, 0.2) is 23.1 Å². The van der Waals surface area contributed by atoms with E-state index in [4.69, 9.17) is 0 Å². The maximum Gasteiger partial charge on any atom is 0.341 e. The summed E-state index contributed by atoms with van der Waals surface area (Å²) in [7, 11) is 1.80. The van der Waals surface area contributed by atoms with Gasteiger partial charge < -0.3 is 14.6 Å². The zero-order valence-corrected chi connectivity index (χ0v) is 14.5. The quantitative estimate of drug-likeness (QED) is 0.700. The van der Waals surface area contributed by atoms with Gasteiger partial charge in [-0.05, 0) is 38.4 Å². The van der Waals surface area contributed by atoms with Crippen LogP contribution in [-0.4, -0.2) is 41.8 Å². The maximum absolute atomic E-state index is 14.8. The number of aromatic nitrogens is 1. The molecule has 8 heteroatoms. The molecule has 4 rings (SSSR count). The van der Waals surface area contributed by atoms with Crippen LogP contribution in [0.4, 0.5) is 10.1 Å². The van der Waals surface area contributed by atoms with Gasteiger partial charge in [0.05, 0.1) is 11.2 Å². The smallest absolute Gasteiger partial charge is 0.341 e. The minimum Gasteiger partial charge on any atom is -0.477 e. The van der Waals surface area contributed by atoms with E-state index in [2.05, 4.69) is 10.9 Å². The molecule has 1 saturated heterocycles. The number of carbonyl (C=O) groups is 1. The zero-order valence-electron chi connectivity index (χ0n) is 14.5. The van der Waals surface area contributed by atoms with Crippen molar-refractivity contribution in [3.8, 4) is 0 Å². The lowest BCUT2D eigenvalue weighted by Crippen LogP contribution is -2.40. The fraction of sp³-hybridized carbons (Fsp3) is 0.444. The fourth-order valence-corrected chi connectivity index (χ4v) is 3.71. The minimum atomic E-state index is -1.28. The highest BCUT2D eigenvalue weighted by molar-refractivity contribution is 5.93. The maximum atomic E-state index is 14.8. The van der Waals surface area contributed by atoms with Crippen molar-refractivity contribution >= 4 is 22.6 Å². The Morgan fingerprint density at radius 3 is 2.73 bits per heavy atom. The van der Waals surface area contributed by atoms with E-state index < -0.39 is 17.2 Å². The van der Waals surface area contributed by atoms with Gasteiger partial charge in [-0.2, -0.15) is 0 Å². The van der Waals surface area contributed by atoms with Crippen molar-refractivity contribution in [1.82, 2.24) is 15.4 Å². The molecule has 0 bridgehead atoms. The van der Waals surface area contributed by atoms with Crippen LogP contribution in [0, 0.1) is 5.82 Å². The second-order valence-electron chi connectivity index (χ2n) is 6.96. The molecule has 0 spiro atoms. The first-order valence-corrected chi connectivity index (χ1v) is 8.78. The monoisotopic (exact) mass is 360 g/mol. The number of carboxylic acids is 1. The summed E-state index contributed by atoms with van der Waals surface area (Å²) < 4.78 is 16.6. The average Bonchev–Trinajstić information content (AvgIpc) is 3.34. The van der Waals surface area contributed by atoms with Gasteiger partial charge in [-0.3, -0.25) is 15.6 Å². The molecule has 3 N–H and O–H groups in total. The molecular weight excluding hydrogens is 339 g/mol. The number of nitrogens with zero attached hydrogens (tertiary/aromatic N) is 2. The minimum absolute atomic E-state index is 0.127. The van der Waals surface area contributed by atoms with Crippen molar-refractivity contribution < 1.29 is 14.3 Å². The number of aromatic carboxylic acids is 1. The molecule has 1 aliphatic carbocycles. The highest BCUT2D eigenvalue weighted by Gasteiger charge is 2.29. The largest absolute Gasteiger partial charge is 0.477 e. The second kappa shape index (κ2) is 6.37. The van der Waals surface area contributed by atoms with Gasteiger partial charge in [-0.15, -0.1) is 0 Å². The van der Waals surface area contributed by atoms with Crippen LogP contribution in [0.3, 0.4) is 0 Å². The number of carboxylic acid groups (broad SMARTS) is 1. The molecule has 2 aliphatic rings. The predicted octanol–water partition coefficient (Wildman–Crippen LogP) is 1.48. The number of halogens is 1. The predicted molar refractivity (Wildman–Crippen MR) is 96.2 cm³/mol. The van der Waals surface area contributed by atoms with Gasteiger partial charge >= 0.3 is 5.97 Å². The fourth-order valence-electron chi connectivity index (χ4n) is 3.71. The van der Waals surface area contributed by atoms with Gasteiger partial charge in [0.1, 0.15) is 11.4 Å². The van der Waals surface area contributed by atoms with E-state index in [0.29, 0.717) is 24.3 Å². The number of fused-ring (bicyclic) bond motifs is 1. The van der Waals surface area contributed by atoms with Crippen molar-refractivity contribution in [2.75, 3.05) is 25.0 Å². The molecule has 2 fully saturated rings. The molecule has 0 radical (unpaired) electrons. The van der Waals surface area contributed by atoms with Crippen LogP contribution in [0.1, 0.15) is 35.7 Å². The zero-order chi connectivity index (χ0) is 18.4. The highest BCUT2D eigenvalue weighted by atomic mass is 19.1. The topological polar surface area (TPSA) is 86.6 Å². The van der Waals surface area contributed by atoms with E-state index in [1.807, 2.05) is 9.47 Å². The Morgan fingerprint density at radius 1 is 1.31 bits per heavy atom. The summed E-state index contributed by atoms with van der Waals surface area (Å²) in [6, 6.07) is 3.27. The Bertz CT molecular complexity index is 938. The first kappa shape index (κ1) is 17.0. The molecule has 1 atom stereocenters. The second-order valence-corrected chi connectivity index (χ2v) is 6.96. The number of hydrogen-bond donors (Lipinski definition) is 3. The van der Waals surface area contributed by atoms with Crippen LogP contribution in [0.2, 0.25) is 0 Å². The lowest BCUT2D eigenvalue weighted by molar-refractivity contribution is 0.0695. The molecule has 1 saturated carbocycles. The van der Waals surface area contributed by atoms with E-state index in [-0.39, 0.29) is 23.0 Å². The van der Waals surface area contributed by atoms with Crippen LogP contribution >= 0.6 is 0 Å². The summed E-state index contributed by atoms with van der Waals surface area (Å²) in [5.74, 6) is -1.78. The lowest BCUT2D eigenvalue weighted by Gasteiger charge is -2.21. The molecule has 138 valence electrons. The Hall–Kier alpha value is -2.45. The Balaban J connectivity index is 1.84. The van der Waals surface area contributed by atoms with Crippen LogP contribution in [0.5, 0.6) is 0 Å². The van der Waals surface area contributed by atoms with Gasteiger partial charge in [0, 0.05) is 36.8 Å². The third-order valence-electron chi connectivity index (χ3n) is 5.15. The molecule has 7 nitrogen and oxygen atoms in total. The van der Waals surface area contributed by atoms with Crippen molar-refractivity contribution in [2.45, 2.75) is 31.3 Å². The van der Waals surface area contributed by atoms with Crippen LogP contribution in [0.25, 0.3) is 10.9 Å². The highest BCUT2D eigenvalue weighted by Crippen LogP contribution is 2.38. The van der Waals surface area contributed by atoms with E-state index in [9.17, 15) is 19.1 Å². The van der Waals surface area contributed by atoms with Crippen molar-refractivity contribution in [2.24, 2.45) is 0 Å². The van der Waals surface area contributed by atoms with Gasteiger partial charge in [0.15, 0.2) is 0 Å². The molecule has 2 aromatic rings. The van der Waals surface area contributed by atoms with Crippen LogP contribution in [-0.2, 0) is 0 Å². The molecule has 1 aromatic heterocycles. The third-order valence-corrected chi connectivity index (χ3v) is 5.15. The van der Waals surface area contributed by atoms with E-state index in [1.165, 1.54) is 12.3 Å². The molecule has 1 unspecified atom stereocenters. The molecule has 0 amide bonds. The number of hydrazine groups is 1.